The molecule has 0 aromatic carbocycles. The molecule has 2 atom stereocenters. The molecule has 1 heterocycles. The van der Waals surface area contributed by atoms with Crippen molar-refractivity contribution in [1.82, 2.24) is 0 Å². The quantitative estimate of drug-likeness (QED) is 0.401. The van der Waals surface area contributed by atoms with Crippen LogP contribution < -0.4 is 0 Å². The van der Waals surface area contributed by atoms with Gasteiger partial charge in [-0.1, -0.05) is 26.2 Å². The van der Waals surface area contributed by atoms with Gasteiger partial charge < -0.3 is 9.47 Å². The maximum Gasteiger partial charge on any atom is 0.338 e. The summed E-state index contributed by atoms with van der Waals surface area (Å²) < 4.78 is 10.5. The average Bonchev–Trinajstić information content (AvgIpc) is 2.81. The first-order valence-corrected chi connectivity index (χ1v) is 5.82. The van der Waals surface area contributed by atoms with Crippen molar-refractivity contribution >= 4 is 5.97 Å². The summed E-state index contributed by atoms with van der Waals surface area (Å²) in [4.78, 5) is 11.5. The topological polar surface area (TPSA) is 38.8 Å². The van der Waals surface area contributed by atoms with Crippen molar-refractivity contribution in [2.45, 2.75) is 71.2 Å². The monoisotopic (exact) mass is 214 g/mol. The molecule has 1 aliphatic rings. The molecule has 0 N–H and O–H groups in total. The summed E-state index contributed by atoms with van der Waals surface area (Å²) in [7, 11) is 0. The van der Waals surface area contributed by atoms with E-state index in [1.807, 2.05) is 20.8 Å². The molecule has 0 radical (unpaired) electrons. The number of rotatable bonds is 5. The van der Waals surface area contributed by atoms with Crippen LogP contribution in [0.25, 0.3) is 0 Å². The molecule has 0 aromatic rings. The number of carbonyl (C=O) groups is 1. The van der Waals surface area contributed by atoms with Gasteiger partial charge in [-0.05, 0) is 27.2 Å². The normalized spacial score (nSPS) is 25.1. The first-order valence-electron chi connectivity index (χ1n) is 5.82. The molecule has 1 rings (SSSR count). The lowest BCUT2D eigenvalue weighted by molar-refractivity contribution is -0.156. The lowest BCUT2D eigenvalue weighted by atomic mass is 10.1. The van der Waals surface area contributed by atoms with Crippen LogP contribution in [0.4, 0.5) is 0 Å². The van der Waals surface area contributed by atoms with Crippen LogP contribution in [-0.2, 0) is 14.3 Å². The second-order valence-corrected chi connectivity index (χ2v) is 5.12. The molecule has 0 amide bonds. The van der Waals surface area contributed by atoms with Gasteiger partial charge in [-0.25, -0.2) is 4.79 Å². The van der Waals surface area contributed by atoms with E-state index >= 15 is 0 Å². The van der Waals surface area contributed by atoms with E-state index in [-0.39, 0.29) is 18.2 Å². The smallest absolute Gasteiger partial charge is 0.338 e. The fourth-order valence-electron chi connectivity index (χ4n) is 1.53. The highest BCUT2D eigenvalue weighted by Crippen LogP contribution is 2.29. The van der Waals surface area contributed by atoms with Gasteiger partial charge in [-0.2, -0.15) is 0 Å². The summed E-state index contributed by atoms with van der Waals surface area (Å²) in [6.07, 6.45) is 4.36. The van der Waals surface area contributed by atoms with Crippen molar-refractivity contribution in [3.05, 3.63) is 0 Å². The number of carbonyl (C=O) groups excluding carboxylic acids is 1. The molecule has 1 aliphatic heterocycles. The molecule has 15 heavy (non-hydrogen) atoms. The predicted molar refractivity (Wildman–Crippen MR) is 58.6 cm³/mol. The molecule has 0 unspecified atom stereocenters. The maximum atomic E-state index is 11.5. The van der Waals surface area contributed by atoms with E-state index in [0.29, 0.717) is 0 Å². The highest BCUT2D eigenvalue weighted by Gasteiger charge is 2.46. The van der Waals surface area contributed by atoms with Crippen LogP contribution in [0.1, 0.15) is 53.4 Å². The molecule has 3 heteroatoms. The summed E-state index contributed by atoms with van der Waals surface area (Å²) in [5.41, 5.74) is -0.406. The van der Waals surface area contributed by atoms with Gasteiger partial charge in [0, 0.05) is 0 Å². The minimum Gasteiger partial charge on any atom is -0.458 e. The standard InChI is InChI=1S/C12H22O3/c1-5-6-7-8-9-10(14-9)11(13)15-12(2,3)4/h9-10H,5-8H2,1-4H3/t9-,10+/m1/s1. The second kappa shape index (κ2) is 4.97. The van der Waals surface area contributed by atoms with Crippen LogP contribution in [-0.4, -0.2) is 23.8 Å². The third kappa shape index (κ3) is 4.65. The van der Waals surface area contributed by atoms with E-state index in [1.54, 1.807) is 0 Å². The Labute approximate surface area is 92.1 Å². The van der Waals surface area contributed by atoms with Crippen molar-refractivity contribution in [2.24, 2.45) is 0 Å². The molecular formula is C12H22O3. The van der Waals surface area contributed by atoms with E-state index in [0.717, 1.165) is 12.8 Å². The number of ether oxygens (including phenoxy) is 2. The Balaban J connectivity index is 2.17. The summed E-state index contributed by atoms with van der Waals surface area (Å²) in [6.45, 7) is 7.79. The lowest BCUT2D eigenvalue weighted by Crippen LogP contribution is -2.27. The summed E-state index contributed by atoms with van der Waals surface area (Å²) in [5.74, 6) is -0.205. The highest BCUT2D eigenvalue weighted by atomic mass is 16.6. The van der Waals surface area contributed by atoms with Crippen LogP contribution in [0.2, 0.25) is 0 Å². The first kappa shape index (κ1) is 12.5. The van der Waals surface area contributed by atoms with Crippen LogP contribution in [0.15, 0.2) is 0 Å². The van der Waals surface area contributed by atoms with Crippen LogP contribution in [0.3, 0.4) is 0 Å². The molecule has 0 spiro atoms. The molecular weight excluding hydrogens is 192 g/mol. The van der Waals surface area contributed by atoms with E-state index in [9.17, 15) is 4.79 Å². The highest BCUT2D eigenvalue weighted by molar-refractivity contribution is 5.78. The summed E-state index contributed by atoms with van der Waals surface area (Å²) in [6, 6.07) is 0. The van der Waals surface area contributed by atoms with Gasteiger partial charge in [0.15, 0.2) is 6.10 Å². The zero-order chi connectivity index (χ0) is 11.5. The second-order valence-electron chi connectivity index (χ2n) is 5.12. The molecule has 1 fully saturated rings. The zero-order valence-corrected chi connectivity index (χ0v) is 10.2. The Morgan fingerprint density at radius 3 is 2.53 bits per heavy atom. The number of esters is 1. The lowest BCUT2D eigenvalue weighted by Gasteiger charge is -2.18. The van der Waals surface area contributed by atoms with Gasteiger partial charge in [-0.15, -0.1) is 0 Å². The fourth-order valence-corrected chi connectivity index (χ4v) is 1.53. The van der Waals surface area contributed by atoms with E-state index in [4.69, 9.17) is 9.47 Å². The van der Waals surface area contributed by atoms with Gasteiger partial charge in [0.1, 0.15) is 5.60 Å². The van der Waals surface area contributed by atoms with Gasteiger partial charge in [0.25, 0.3) is 0 Å². The maximum absolute atomic E-state index is 11.5. The van der Waals surface area contributed by atoms with Crippen molar-refractivity contribution < 1.29 is 14.3 Å². The Kier molecular flexibility index (Phi) is 4.14. The van der Waals surface area contributed by atoms with Crippen molar-refractivity contribution in [3.63, 3.8) is 0 Å². The molecule has 88 valence electrons. The molecule has 1 saturated heterocycles. The molecule has 0 aliphatic carbocycles. The van der Waals surface area contributed by atoms with Gasteiger partial charge in [0.2, 0.25) is 0 Å². The average molecular weight is 214 g/mol. The molecule has 0 aromatic heterocycles. The largest absolute Gasteiger partial charge is 0.458 e. The van der Waals surface area contributed by atoms with Crippen molar-refractivity contribution in [2.75, 3.05) is 0 Å². The van der Waals surface area contributed by atoms with E-state index < -0.39 is 5.60 Å². The minimum absolute atomic E-state index is 0.117. The van der Waals surface area contributed by atoms with Crippen molar-refractivity contribution in [3.8, 4) is 0 Å². The third-order valence-corrected chi connectivity index (χ3v) is 2.31. The van der Waals surface area contributed by atoms with Crippen LogP contribution in [0.5, 0.6) is 0 Å². The minimum atomic E-state index is -0.406. The number of unbranched alkanes of at least 4 members (excludes halogenated alkanes) is 2. The van der Waals surface area contributed by atoms with E-state index in [2.05, 4.69) is 6.92 Å². The zero-order valence-electron chi connectivity index (χ0n) is 10.2. The number of hydrogen-bond acceptors (Lipinski definition) is 3. The van der Waals surface area contributed by atoms with Gasteiger partial charge in [0.05, 0.1) is 6.10 Å². The summed E-state index contributed by atoms with van der Waals surface area (Å²) >= 11 is 0. The fraction of sp³-hybridized carbons (Fsp3) is 0.917. The SMILES string of the molecule is CCCCC[C@H]1O[C@@H]1C(=O)OC(C)(C)C. The van der Waals surface area contributed by atoms with E-state index in [1.165, 1.54) is 12.8 Å². The predicted octanol–water partition coefficient (Wildman–Crippen LogP) is 2.68. The van der Waals surface area contributed by atoms with Crippen molar-refractivity contribution in [1.29, 1.82) is 0 Å². The summed E-state index contributed by atoms with van der Waals surface area (Å²) in [5, 5.41) is 0. The number of epoxide rings is 1. The third-order valence-electron chi connectivity index (χ3n) is 2.31. The Morgan fingerprint density at radius 2 is 2.00 bits per heavy atom. The Hall–Kier alpha value is -0.570. The Morgan fingerprint density at radius 1 is 1.33 bits per heavy atom. The van der Waals surface area contributed by atoms with Gasteiger partial charge in [-0.3, -0.25) is 0 Å². The van der Waals surface area contributed by atoms with Crippen LogP contribution in [0, 0.1) is 0 Å². The van der Waals surface area contributed by atoms with Gasteiger partial charge >= 0.3 is 5.97 Å². The number of hydrogen-bond donors (Lipinski definition) is 0. The Bertz CT molecular complexity index is 217. The molecule has 0 saturated carbocycles. The molecule has 3 nitrogen and oxygen atoms in total. The first-order chi connectivity index (χ1) is 6.94. The molecule has 0 bridgehead atoms. The van der Waals surface area contributed by atoms with Crippen LogP contribution >= 0.6 is 0 Å².